The van der Waals surface area contributed by atoms with Gasteiger partial charge in [0.2, 0.25) is 5.88 Å². The third-order valence-electron chi connectivity index (χ3n) is 9.27. The van der Waals surface area contributed by atoms with Crippen LogP contribution in [0.3, 0.4) is 0 Å². The zero-order chi connectivity index (χ0) is 29.7. The number of fused-ring (bicyclic) bond motifs is 4. The van der Waals surface area contributed by atoms with E-state index in [2.05, 4.69) is 118 Å². The Morgan fingerprint density at radius 2 is 1.13 bits per heavy atom. The van der Waals surface area contributed by atoms with Gasteiger partial charge >= 0.3 is 0 Å². The highest BCUT2D eigenvalue weighted by Crippen LogP contribution is 2.39. The Bertz CT molecular complexity index is 2350. The van der Waals surface area contributed by atoms with Crippen molar-refractivity contribution in [3.8, 4) is 23.3 Å². The second kappa shape index (κ2) is 10.6. The van der Waals surface area contributed by atoms with E-state index in [0.717, 1.165) is 52.3 Å². The number of benzene rings is 4. The summed E-state index contributed by atoms with van der Waals surface area (Å²) in [4.78, 5) is 10.1. The Morgan fingerprint density at radius 1 is 0.489 bits per heavy atom. The molecule has 12 rings (SSSR count). The van der Waals surface area contributed by atoms with Crippen molar-refractivity contribution in [2.45, 2.75) is 38.5 Å². The summed E-state index contributed by atoms with van der Waals surface area (Å²) in [7, 11) is 0. The van der Waals surface area contributed by atoms with E-state index in [1.165, 1.54) is 58.4 Å². The molecular formula is C40H32N4O. The lowest BCUT2D eigenvalue weighted by atomic mass is 10.0. The van der Waals surface area contributed by atoms with Gasteiger partial charge in [-0.15, -0.1) is 0 Å². The first-order valence-corrected chi connectivity index (χ1v) is 16.0. The summed E-state index contributed by atoms with van der Waals surface area (Å²) in [5, 5.41) is 4.82. The number of nitrogens with zero attached hydrogens (tertiary/aromatic N) is 4. The molecule has 5 nitrogen and oxygen atoms in total. The maximum Gasteiger partial charge on any atom is 0.221 e. The van der Waals surface area contributed by atoms with Gasteiger partial charge in [-0.25, -0.2) is 4.98 Å². The fourth-order valence-corrected chi connectivity index (χ4v) is 7.06. The predicted molar refractivity (Wildman–Crippen MR) is 183 cm³/mol. The van der Waals surface area contributed by atoms with E-state index in [1.54, 1.807) is 0 Å². The zero-order valence-electron chi connectivity index (χ0n) is 25.0. The lowest BCUT2D eigenvalue weighted by Crippen LogP contribution is -2.00. The molecule has 0 saturated carbocycles. The number of pyridine rings is 2. The monoisotopic (exact) mass is 584 g/mol. The normalized spacial score (nSPS) is 13.9. The molecule has 0 amide bonds. The molecule has 4 aliphatic heterocycles. The molecule has 8 heterocycles. The summed E-state index contributed by atoms with van der Waals surface area (Å²) >= 11 is 0. The van der Waals surface area contributed by atoms with Crippen molar-refractivity contribution in [1.29, 1.82) is 0 Å². The molecule has 0 spiro atoms. The summed E-state index contributed by atoms with van der Waals surface area (Å²) in [5.74, 6) is 3.12. The highest BCUT2D eigenvalue weighted by molar-refractivity contribution is 6.19. The first-order valence-electron chi connectivity index (χ1n) is 16.0. The highest BCUT2D eigenvalue weighted by atomic mass is 16.5. The van der Waals surface area contributed by atoms with Gasteiger partial charge in [-0.05, 0) is 85.3 Å². The van der Waals surface area contributed by atoms with Gasteiger partial charge in [-0.1, -0.05) is 73.5 Å². The number of ether oxygens (including phenoxy) is 1. The molecular weight excluding hydrogens is 552 g/mol. The Morgan fingerprint density at radius 3 is 1.82 bits per heavy atom. The number of aryl methyl sites for hydroxylation is 2. The van der Waals surface area contributed by atoms with Crippen LogP contribution in [0.4, 0.5) is 0 Å². The molecule has 0 atom stereocenters. The first kappa shape index (κ1) is 26.0. The van der Waals surface area contributed by atoms with Gasteiger partial charge in [0.15, 0.2) is 0 Å². The predicted octanol–water partition coefficient (Wildman–Crippen LogP) is 10.1. The van der Waals surface area contributed by atoms with Crippen LogP contribution in [0, 0.1) is 0 Å². The fourth-order valence-electron chi connectivity index (χ4n) is 7.06. The Balaban J connectivity index is 1.30. The van der Waals surface area contributed by atoms with Crippen LogP contribution in [-0.4, -0.2) is 19.1 Å². The highest BCUT2D eigenvalue weighted by Gasteiger charge is 2.19. The maximum atomic E-state index is 6.30. The van der Waals surface area contributed by atoms with E-state index in [0.29, 0.717) is 5.88 Å². The van der Waals surface area contributed by atoms with Gasteiger partial charge in [0.25, 0.3) is 0 Å². The van der Waals surface area contributed by atoms with Crippen LogP contribution < -0.4 is 4.74 Å². The summed E-state index contributed by atoms with van der Waals surface area (Å²) < 4.78 is 10.9. The van der Waals surface area contributed by atoms with Crippen molar-refractivity contribution >= 4 is 43.6 Å². The molecule has 4 aromatic carbocycles. The van der Waals surface area contributed by atoms with Crippen LogP contribution in [-0.2, 0) is 12.8 Å². The topological polar surface area (TPSA) is 44.9 Å². The summed E-state index contributed by atoms with van der Waals surface area (Å²) in [6.45, 7) is 0. The van der Waals surface area contributed by atoms with Crippen LogP contribution in [0.1, 0.15) is 36.8 Å². The molecule has 218 valence electrons. The molecule has 0 fully saturated rings. The van der Waals surface area contributed by atoms with Gasteiger partial charge < -0.3 is 4.74 Å². The lowest BCUT2D eigenvalue weighted by Gasteiger charge is -2.11. The molecule has 4 aliphatic rings. The van der Waals surface area contributed by atoms with Crippen LogP contribution >= 0.6 is 0 Å². The standard InChI is InChI=1S/C40H32N4O/c1-2-4-11-28-20-23-38(41-26-28)43-34-14-7-5-12-30(34)32-24-33-31-13-6-8-15-35(31)44(37(33)25-36(32)43)39-16-9-17-40(42-39)45-29-21-18-27(10-3-1)19-22-29/h5-9,12-26H,1-4,10-11H2. The average Bonchev–Trinajstić information content (AvgIpc) is 3.58. The van der Waals surface area contributed by atoms with Crippen LogP contribution in [0.25, 0.3) is 55.2 Å². The number of hydrogen-bond donors (Lipinski definition) is 0. The molecule has 8 aromatic rings. The fraction of sp³-hybridized carbons (Fsp3) is 0.150. The number of para-hydroxylation sites is 2. The largest absolute Gasteiger partial charge is 0.439 e. The van der Waals surface area contributed by atoms with Crippen LogP contribution in [0.5, 0.6) is 11.6 Å². The molecule has 0 aliphatic carbocycles. The van der Waals surface area contributed by atoms with Crippen molar-refractivity contribution in [2.24, 2.45) is 0 Å². The summed E-state index contributed by atoms with van der Waals surface area (Å²) in [6.07, 6.45) is 9.02. The SMILES string of the molecule is c1cc2nc(c1)-n1c3ccccc3c3cc4c5ccccc5n(c4cc31)-c1ccc(cn1)CCCCCCc1ccc(cc1)O2. The number of hydrogen-bond acceptors (Lipinski definition) is 3. The Labute approximate surface area is 261 Å². The Hall–Kier alpha value is -5.42. The number of aromatic nitrogens is 4. The van der Waals surface area contributed by atoms with E-state index in [9.17, 15) is 0 Å². The van der Waals surface area contributed by atoms with E-state index in [4.69, 9.17) is 14.7 Å². The van der Waals surface area contributed by atoms with Gasteiger partial charge in [-0.2, -0.15) is 4.98 Å². The molecule has 0 N–H and O–H groups in total. The van der Waals surface area contributed by atoms with Gasteiger partial charge in [0.1, 0.15) is 17.4 Å². The first-order chi connectivity index (χ1) is 22.3. The molecule has 0 saturated heterocycles. The van der Waals surface area contributed by atoms with Gasteiger partial charge in [0.05, 0.1) is 22.1 Å². The third kappa shape index (κ3) is 4.46. The van der Waals surface area contributed by atoms with E-state index in [1.807, 2.05) is 12.1 Å². The van der Waals surface area contributed by atoms with E-state index in [-0.39, 0.29) is 0 Å². The van der Waals surface area contributed by atoms with Crippen LogP contribution in [0.15, 0.2) is 121 Å². The molecule has 5 heteroatoms. The lowest BCUT2D eigenvalue weighted by molar-refractivity contribution is 0.462. The van der Waals surface area contributed by atoms with Crippen molar-refractivity contribution in [3.05, 3.63) is 133 Å². The quantitative estimate of drug-likeness (QED) is 0.178. The molecule has 0 radical (unpaired) electrons. The summed E-state index contributed by atoms with van der Waals surface area (Å²) in [5.41, 5.74) is 7.12. The minimum atomic E-state index is 0.573. The van der Waals surface area contributed by atoms with Crippen LogP contribution in [0.2, 0.25) is 0 Å². The second-order valence-corrected chi connectivity index (χ2v) is 12.1. The van der Waals surface area contributed by atoms with E-state index < -0.39 is 0 Å². The zero-order valence-corrected chi connectivity index (χ0v) is 25.0. The maximum absolute atomic E-state index is 6.30. The smallest absolute Gasteiger partial charge is 0.221 e. The van der Waals surface area contributed by atoms with Crippen molar-refractivity contribution in [3.63, 3.8) is 0 Å². The average molecular weight is 585 g/mol. The van der Waals surface area contributed by atoms with Gasteiger partial charge in [0, 0.05) is 33.8 Å². The molecule has 8 bridgehead atoms. The molecule has 0 unspecified atom stereocenters. The van der Waals surface area contributed by atoms with Gasteiger partial charge in [-0.3, -0.25) is 9.13 Å². The number of rotatable bonds is 0. The minimum absolute atomic E-state index is 0.573. The Kier molecular flexibility index (Phi) is 6.15. The van der Waals surface area contributed by atoms with Crippen molar-refractivity contribution < 1.29 is 4.74 Å². The second-order valence-electron chi connectivity index (χ2n) is 12.1. The molecule has 45 heavy (non-hydrogen) atoms. The van der Waals surface area contributed by atoms with Crippen molar-refractivity contribution in [1.82, 2.24) is 19.1 Å². The summed E-state index contributed by atoms with van der Waals surface area (Å²) in [6, 6.07) is 40.8. The van der Waals surface area contributed by atoms with E-state index >= 15 is 0 Å². The van der Waals surface area contributed by atoms with Crippen molar-refractivity contribution in [2.75, 3.05) is 0 Å². The molecule has 4 aromatic heterocycles. The third-order valence-corrected chi connectivity index (χ3v) is 9.27. The minimum Gasteiger partial charge on any atom is -0.439 e.